The molecule has 82 valence electrons. The first-order valence-electron chi connectivity index (χ1n) is 4.89. The highest BCUT2D eigenvalue weighted by Crippen LogP contribution is 1.96. The predicted molar refractivity (Wildman–Crippen MR) is 60.8 cm³/mol. The van der Waals surface area contributed by atoms with E-state index in [1.165, 1.54) is 0 Å². The second kappa shape index (κ2) is 9.06. The van der Waals surface area contributed by atoms with Crippen molar-refractivity contribution >= 4 is 12.0 Å². The molecule has 4 heteroatoms. The van der Waals surface area contributed by atoms with Crippen molar-refractivity contribution in [2.24, 2.45) is 0 Å². The third kappa shape index (κ3) is 7.55. The minimum absolute atomic E-state index is 0.158. The highest BCUT2D eigenvalue weighted by atomic mass is 16.1. The smallest absolute Gasteiger partial charge is 0.323 e. The quantitative estimate of drug-likeness (QED) is 0.248. The zero-order valence-corrected chi connectivity index (χ0v) is 8.93. The number of Topliss-reactive ketones (excluding diaryl/α,β-unsaturated/α-hetero) is 1. The molecule has 0 spiro atoms. The summed E-state index contributed by atoms with van der Waals surface area (Å²) in [7, 11) is 0. The van der Waals surface area contributed by atoms with Crippen LogP contribution in [0, 0.1) is 0 Å². The summed E-state index contributed by atoms with van der Waals surface area (Å²) in [4.78, 5) is 15.8. The highest BCUT2D eigenvalue weighted by molar-refractivity contribution is 6.25. The summed E-state index contributed by atoms with van der Waals surface area (Å²) in [6, 6.07) is 0. The lowest BCUT2D eigenvalue weighted by Gasteiger charge is -2.17. The average Bonchev–Trinajstić information content (AvgIpc) is 2.19. The van der Waals surface area contributed by atoms with Crippen LogP contribution in [0.4, 0.5) is 0 Å². The first-order chi connectivity index (χ1) is 7.24. The van der Waals surface area contributed by atoms with Crippen molar-refractivity contribution in [1.29, 1.82) is 0 Å². The number of nitrogens with zero attached hydrogens (tertiary/aromatic N) is 3. The SMILES string of the molecule is C=CCN(CC=C)CCCC(=O)C=[N+]=[N-]. The zero-order valence-electron chi connectivity index (χ0n) is 8.93. The van der Waals surface area contributed by atoms with Crippen molar-refractivity contribution in [3.05, 3.63) is 30.8 Å². The van der Waals surface area contributed by atoms with Gasteiger partial charge in [-0.1, -0.05) is 12.2 Å². The van der Waals surface area contributed by atoms with Crippen LogP contribution in [0.3, 0.4) is 0 Å². The van der Waals surface area contributed by atoms with E-state index in [1.807, 2.05) is 12.2 Å². The van der Waals surface area contributed by atoms with E-state index in [-0.39, 0.29) is 5.78 Å². The second-order valence-electron chi connectivity index (χ2n) is 3.15. The van der Waals surface area contributed by atoms with Gasteiger partial charge in [-0.05, 0) is 13.0 Å². The van der Waals surface area contributed by atoms with Crippen LogP contribution in [-0.2, 0) is 4.79 Å². The van der Waals surface area contributed by atoms with E-state index >= 15 is 0 Å². The monoisotopic (exact) mass is 207 g/mol. The Kier molecular flexibility index (Phi) is 8.15. The molecule has 0 saturated carbocycles. The minimum atomic E-state index is -0.158. The topological polar surface area (TPSA) is 56.7 Å². The van der Waals surface area contributed by atoms with Gasteiger partial charge in [0.1, 0.15) is 0 Å². The van der Waals surface area contributed by atoms with Gasteiger partial charge in [-0.15, -0.1) is 13.2 Å². The Morgan fingerprint density at radius 1 is 1.33 bits per heavy atom. The van der Waals surface area contributed by atoms with E-state index in [2.05, 4.69) is 22.8 Å². The molecular weight excluding hydrogens is 190 g/mol. The maximum Gasteiger partial charge on any atom is 0.323 e. The predicted octanol–water partition coefficient (Wildman–Crippen LogP) is 1.31. The highest BCUT2D eigenvalue weighted by Gasteiger charge is 2.04. The van der Waals surface area contributed by atoms with Crippen molar-refractivity contribution in [2.75, 3.05) is 19.6 Å². The van der Waals surface area contributed by atoms with E-state index in [0.29, 0.717) is 6.42 Å². The van der Waals surface area contributed by atoms with E-state index in [1.54, 1.807) is 0 Å². The van der Waals surface area contributed by atoms with Crippen molar-refractivity contribution in [3.63, 3.8) is 0 Å². The third-order valence-corrected chi connectivity index (χ3v) is 1.87. The van der Waals surface area contributed by atoms with Gasteiger partial charge < -0.3 is 5.53 Å². The Labute approximate surface area is 90.5 Å². The number of hydrogen-bond acceptors (Lipinski definition) is 2. The van der Waals surface area contributed by atoms with E-state index in [9.17, 15) is 4.79 Å². The minimum Gasteiger partial charge on any atom is -0.361 e. The summed E-state index contributed by atoms with van der Waals surface area (Å²) in [6.07, 6.45) is 5.72. The van der Waals surface area contributed by atoms with Gasteiger partial charge in [0.2, 0.25) is 5.78 Å². The number of ketones is 1. The Balaban J connectivity index is 3.78. The summed E-state index contributed by atoms with van der Waals surface area (Å²) in [5, 5.41) is 0. The van der Waals surface area contributed by atoms with Crippen molar-refractivity contribution in [3.8, 4) is 0 Å². The molecule has 0 aromatic heterocycles. The van der Waals surface area contributed by atoms with Gasteiger partial charge in [0.05, 0.1) is 0 Å². The molecule has 4 nitrogen and oxygen atoms in total. The molecule has 0 aromatic carbocycles. The molecule has 15 heavy (non-hydrogen) atoms. The van der Waals surface area contributed by atoms with Crippen LogP contribution in [0.15, 0.2) is 25.3 Å². The van der Waals surface area contributed by atoms with Crippen molar-refractivity contribution in [1.82, 2.24) is 4.90 Å². The molecule has 0 aliphatic carbocycles. The van der Waals surface area contributed by atoms with Gasteiger partial charge in [0, 0.05) is 19.5 Å². The van der Waals surface area contributed by atoms with Gasteiger partial charge in [-0.3, -0.25) is 9.69 Å². The summed E-state index contributed by atoms with van der Waals surface area (Å²) in [6.45, 7) is 9.70. The molecule has 0 heterocycles. The standard InChI is InChI=1S/C11H17N3O/c1-3-7-14(8-4-2)9-5-6-11(15)10-13-12/h3-4,10H,1-2,5-9H2. The number of rotatable bonds is 9. The third-order valence-electron chi connectivity index (χ3n) is 1.87. The fourth-order valence-corrected chi connectivity index (χ4v) is 1.23. The van der Waals surface area contributed by atoms with E-state index in [0.717, 1.165) is 32.3 Å². The van der Waals surface area contributed by atoms with E-state index in [4.69, 9.17) is 5.53 Å². The molecule has 0 N–H and O–H groups in total. The van der Waals surface area contributed by atoms with Crippen LogP contribution in [0.2, 0.25) is 0 Å². The lowest BCUT2D eigenvalue weighted by Crippen LogP contribution is -2.25. The van der Waals surface area contributed by atoms with Gasteiger partial charge in [0.25, 0.3) is 0 Å². The second-order valence-corrected chi connectivity index (χ2v) is 3.15. The van der Waals surface area contributed by atoms with Gasteiger partial charge >= 0.3 is 6.21 Å². The number of carbonyl (C=O) groups excluding carboxylic acids is 1. The first kappa shape index (κ1) is 13.5. The molecule has 0 unspecified atom stereocenters. The normalized spacial score (nSPS) is 9.40. The zero-order chi connectivity index (χ0) is 11.5. The largest absolute Gasteiger partial charge is 0.361 e. The van der Waals surface area contributed by atoms with Crippen LogP contribution in [0.25, 0.3) is 5.53 Å². The van der Waals surface area contributed by atoms with Gasteiger partial charge in [-0.2, -0.15) is 4.79 Å². The fraction of sp³-hybridized carbons (Fsp3) is 0.455. The molecule has 0 atom stereocenters. The van der Waals surface area contributed by atoms with Crippen LogP contribution >= 0.6 is 0 Å². The molecule has 0 rings (SSSR count). The Morgan fingerprint density at radius 3 is 2.40 bits per heavy atom. The van der Waals surface area contributed by atoms with Crippen molar-refractivity contribution < 1.29 is 9.58 Å². The maximum atomic E-state index is 11.0. The lowest BCUT2D eigenvalue weighted by atomic mass is 10.2. The average molecular weight is 207 g/mol. The van der Waals surface area contributed by atoms with Gasteiger partial charge in [0.15, 0.2) is 0 Å². The maximum absolute atomic E-state index is 11.0. The van der Waals surface area contributed by atoms with Crippen molar-refractivity contribution in [2.45, 2.75) is 12.8 Å². The lowest BCUT2D eigenvalue weighted by molar-refractivity contribution is -0.116. The Bertz CT molecular complexity index is 257. The molecule has 0 amide bonds. The molecule has 0 bridgehead atoms. The number of hydrogen-bond donors (Lipinski definition) is 0. The molecular formula is C11H17N3O. The van der Waals surface area contributed by atoms with Crippen LogP contribution in [-0.4, -0.2) is 41.3 Å². The number of carbonyl (C=O) groups is 1. The van der Waals surface area contributed by atoms with Crippen LogP contribution in [0.1, 0.15) is 12.8 Å². The molecule has 0 aromatic rings. The molecule has 0 aliphatic rings. The summed E-state index contributed by atoms with van der Waals surface area (Å²) in [5.41, 5.74) is 8.13. The molecule has 0 saturated heterocycles. The van der Waals surface area contributed by atoms with Crippen LogP contribution in [0.5, 0.6) is 0 Å². The Hall–Kier alpha value is -1.51. The van der Waals surface area contributed by atoms with E-state index < -0.39 is 0 Å². The Morgan fingerprint density at radius 2 is 1.93 bits per heavy atom. The summed E-state index contributed by atoms with van der Waals surface area (Å²) in [5.74, 6) is -0.158. The fourth-order valence-electron chi connectivity index (χ4n) is 1.23. The van der Waals surface area contributed by atoms with Crippen LogP contribution < -0.4 is 0 Å². The molecule has 0 radical (unpaired) electrons. The first-order valence-corrected chi connectivity index (χ1v) is 4.89. The molecule has 0 aliphatic heterocycles. The van der Waals surface area contributed by atoms with Gasteiger partial charge in [-0.25, -0.2) is 0 Å². The molecule has 0 fully saturated rings. The summed E-state index contributed by atoms with van der Waals surface area (Å²) >= 11 is 0. The summed E-state index contributed by atoms with van der Waals surface area (Å²) < 4.78 is 0.